The van der Waals surface area contributed by atoms with Gasteiger partial charge in [0.05, 0.1) is 0 Å². The van der Waals surface area contributed by atoms with Crippen molar-refractivity contribution in [1.82, 2.24) is 0 Å². The molecule has 1 saturated carbocycles. The van der Waals surface area contributed by atoms with Crippen LogP contribution < -0.4 is 0 Å². The number of benzene rings is 1. The molecule has 2 atom stereocenters. The van der Waals surface area contributed by atoms with Crippen LogP contribution in [0.3, 0.4) is 0 Å². The summed E-state index contributed by atoms with van der Waals surface area (Å²) in [6.07, 6.45) is 8.58. The van der Waals surface area contributed by atoms with E-state index in [1.165, 1.54) is 50.1 Å². The van der Waals surface area contributed by atoms with Crippen LogP contribution in [0.1, 0.15) is 56.9 Å². The van der Waals surface area contributed by atoms with Crippen molar-refractivity contribution in [2.45, 2.75) is 63.5 Å². The maximum atomic E-state index is 6.69. The first-order valence-corrected chi connectivity index (χ1v) is 11.8. The summed E-state index contributed by atoms with van der Waals surface area (Å²) in [5, 5.41) is 0.894. The van der Waals surface area contributed by atoms with Crippen molar-refractivity contribution >= 4 is 30.8 Å². The SMILES string of the molecule is CC(C[SiH](Cl)CCC1CCCCC1)c1ccccc1Cl. The lowest BCUT2D eigenvalue weighted by molar-refractivity contribution is 0.349. The van der Waals surface area contributed by atoms with E-state index in [-0.39, 0.29) is 0 Å². The van der Waals surface area contributed by atoms with E-state index in [0.717, 1.165) is 17.0 Å². The lowest BCUT2D eigenvalue weighted by Crippen LogP contribution is -2.13. The van der Waals surface area contributed by atoms with Gasteiger partial charge in [-0.25, -0.2) is 0 Å². The highest BCUT2D eigenvalue weighted by Gasteiger charge is 2.19. The van der Waals surface area contributed by atoms with Crippen LogP contribution >= 0.6 is 22.7 Å². The van der Waals surface area contributed by atoms with Gasteiger partial charge in [-0.2, -0.15) is 11.1 Å². The van der Waals surface area contributed by atoms with E-state index in [0.29, 0.717) is 5.92 Å². The molecule has 0 nitrogen and oxygen atoms in total. The fourth-order valence-corrected chi connectivity index (χ4v) is 6.99. The molecule has 0 aromatic heterocycles. The first-order chi connectivity index (χ1) is 9.66. The highest BCUT2D eigenvalue weighted by Crippen LogP contribution is 2.32. The Balaban J connectivity index is 1.76. The molecule has 0 heterocycles. The Morgan fingerprint density at radius 1 is 1.20 bits per heavy atom. The van der Waals surface area contributed by atoms with Crippen LogP contribution in [0.5, 0.6) is 0 Å². The second-order valence-corrected chi connectivity index (χ2v) is 10.8. The summed E-state index contributed by atoms with van der Waals surface area (Å²) in [4.78, 5) is 0. The van der Waals surface area contributed by atoms with E-state index in [4.69, 9.17) is 22.7 Å². The predicted octanol–water partition coefficient (Wildman–Crippen LogP) is 6.38. The molecule has 1 aliphatic rings. The van der Waals surface area contributed by atoms with E-state index < -0.39 is 8.11 Å². The molecule has 0 bridgehead atoms. The van der Waals surface area contributed by atoms with Gasteiger partial charge in [-0.1, -0.05) is 75.2 Å². The van der Waals surface area contributed by atoms with Gasteiger partial charge in [-0.3, -0.25) is 0 Å². The first kappa shape index (κ1) is 16.4. The molecule has 1 aromatic rings. The Labute approximate surface area is 135 Å². The third-order valence-corrected chi connectivity index (χ3v) is 8.37. The molecule has 2 rings (SSSR count). The van der Waals surface area contributed by atoms with Crippen molar-refractivity contribution in [1.29, 1.82) is 0 Å². The molecule has 112 valence electrons. The van der Waals surface area contributed by atoms with E-state index in [2.05, 4.69) is 19.1 Å². The minimum Gasteiger partial charge on any atom is -0.172 e. The van der Waals surface area contributed by atoms with Crippen molar-refractivity contribution in [3.8, 4) is 0 Å². The van der Waals surface area contributed by atoms with Gasteiger partial charge in [-0.05, 0) is 35.6 Å². The van der Waals surface area contributed by atoms with Gasteiger partial charge in [0.1, 0.15) is 8.11 Å². The Bertz CT molecular complexity index is 402. The molecule has 0 N–H and O–H groups in total. The first-order valence-electron chi connectivity index (χ1n) is 8.05. The van der Waals surface area contributed by atoms with Crippen molar-refractivity contribution in [3.63, 3.8) is 0 Å². The Morgan fingerprint density at radius 2 is 1.90 bits per heavy atom. The average Bonchev–Trinajstić information content (AvgIpc) is 2.46. The maximum Gasteiger partial charge on any atom is 0.141 e. The Kier molecular flexibility index (Phi) is 6.93. The zero-order chi connectivity index (χ0) is 14.4. The van der Waals surface area contributed by atoms with E-state index in [1.54, 1.807) is 0 Å². The van der Waals surface area contributed by atoms with E-state index >= 15 is 0 Å². The smallest absolute Gasteiger partial charge is 0.141 e. The van der Waals surface area contributed by atoms with Gasteiger partial charge in [0, 0.05) is 5.02 Å². The summed E-state index contributed by atoms with van der Waals surface area (Å²) in [6, 6.07) is 10.7. The normalized spacial score (nSPS) is 19.8. The van der Waals surface area contributed by atoms with E-state index in [1.807, 2.05) is 12.1 Å². The molecule has 0 spiro atoms. The van der Waals surface area contributed by atoms with Crippen molar-refractivity contribution in [2.75, 3.05) is 0 Å². The third-order valence-electron chi connectivity index (χ3n) is 4.66. The molecular formula is C17H26Cl2Si. The summed E-state index contributed by atoms with van der Waals surface area (Å²) < 4.78 is 0. The summed E-state index contributed by atoms with van der Waals surface area (Å²) in [5.41, 5.74) is 1.27. The van der Waals surface area contributed by atoms with Crippen LogP contribution in [0, 0.1) is 5.92 Å². The molecule has 1 aliphatic carbocycles. The number of hydrogen-bond donors (Lipinski definition) is 0. The molecule has 0 saturated heterocycles. The largest absolute Gasteiger partial charge is 0.172 e. The van der Waals surface area contributed by atoms with Gasteiger partial charge in [0.15, 0.2) is 0 Å². The van der Waals surface area contributed by atoms with Gasteiger partial charge in [-0.15, -0.1) is 0 Å². The molecule has 20 heavy (non-hydrogen) atoms. The maximum absolute atomic E-state index is 6.69. The molecule has 0 aliphatic heterocycles. The second-order valence-electron chi connectivity index (χ2n) is 6.34. The topological polar surface area (TPSA) is 0 Å². The Hall–Kier alpha value is 0.0169. The second kappa shape index (κ2) is 8.46. The summed E-state index contributed by atoms with van der Waals surface area (Å²) in [5.74, 6) is 1.47. The zero-order valence-corrected chi connectivity index (χ0v) is 15.1. The molecule has 0 radical (unpaired) electrons. The van der Waals surface area contributed by atoms with Gasteiger partial charge in [0.25, 0.3) is 0 Å². The highest BCUT2D eigenvalue weighted by molar-refractivity contribution is 7.07. The van der Waals surface area contributed by atoms with Gasteiger partial charge >= 0.3 is 0 Å². The fraction of sp³-hybridized carbons (Fsp3) is 0.647. The minimum absolute atomic E-state index is 0.504. The summed E-state index contributed by atoms with van der Waals surface area (Å²) in [7, 11) is -1.11. The standard InChI is InChI=1S/C17H26Cl2Si/c1-14(16-9-5-6-10-17(16)18)13-20(19)12-11-15-7-3-2-4-8-15/h5-6,9-10,14-15,20H,2-4,7-8,11-13H2,1H3. The van der Waals surface area contributed by atoms with Crippen LogP contribution in [0.25, 0.3) is 0 Å². The van der Waals surface area contributed by atoms with Crippen molar-refractivity contribution < 1.29 is 0 Å². The quantitative estimate of drug-likeness (QED) is 0.420. The van der Waals surface area contributed by atoms with Crippen LogP contribution in [-0.2, 0) is 0 Å². The van der Waals surface area contributed by atoms with Crippen molar-refractivity contribution in [3.05, 3.63) is 34.9 Å². The van der Waals surface area contributed by atoms with Gasteiger partial charge < -0.3 is 0 Å². The monoisotopic (exact) mass is 328 g/mol. The number of rotatable bonds is 6. The molecule has 0 amide bonds. The summed E-state index contributed by atoms with van der Waals surface area (Å²) in [6.45, 7) is 2.27. The van der Waals surface area contributed by atoms with Crippen LogP contribution in [0.2, 0.25) is 17.1 Å². The van der Waals surface area contributed by atoms with Gasteiger partial charge in [0.2, 0.25) is 0 Å². The summed E-state index contributed by atoms with van der Waals surface area (Å²) >= 11 is 13.0. The molecule has 1 aromatic carbocycles. The number of hydrogen-bond acceptors (Lipinski definition) is 0. The molecule has 2 unspecified atom stereocenters. The number of halogens is 2. The molecule has 3 heteroatoms. The Morgan fingerprint density at radius 3 is 2.60 bits per heavy atom. The van der Waals surface area contributed by atoms with E-state index in [9.17, 15) is 0 Å². The highest BCUT2D eigenvalue weighted by atomic mass is 35.6. The predicted molar refractivity (Wildman–Crippen MR) is 93.7 cm³/mol. The average molecular weight is 329 g/mol. The molecular weight excluding hydrogens is 303 g/mol. The van der Waals surface area contributed by atoms with Crippen LogP contribution in [0.15, 0.2) is 24.3 Å². The lowest BCUT2D eigenvalue weighted by Gasteiger charge is -2.23. The third kappa shape index (κ3) is 5.09. The lowest BCUT2D eigenvalue weighted by atomic mass is 9.88. The zero-order valence-electron chi connectivity index (χ0n) is 12.5. The van der Waals surface area contributed by atoms with Crippen molar-refractivity contribution in [2.24, 2.45) is 5.92 Å². The van der Waals surface area contributed by atoms with Crippen LogP contribution in [0.4, 0.5) is 0 Å². The van der Waals surface area contributed by atoms with Crippen LogP contribution in [-0.4, -0.2) is 8.11 Å². The fourth-order valence-electron chi connectivity index (χ4n) is 3.40. The minimum atomic E-state index is -1.11. The molecule has 1 fully saturated rings.